The summed E-state index contributed by atoms with van der Waals surface area (Å²) >= 11 is 0. The van der Waals surface area contributed by atoms with Gasteiger partial charge in [0.25, 0.3) is 0 Å². The molecule has 0 atom stereocenters. The maximum atomic E-state index is 12.5. The summed E-state index contributed by atoms with van der Waals surface area (Å²) in [5.41, 5.74) is 0.518. The molecule has 0 aliphatic heterocycles. The van der Waals surface area contributed by atoms with Gasteiger partial charge in [0.1, 0.15) is 5.82 Å². The Hall–Kier alpha value is -0.680. The lowest BCUT2D eigenvalue weighted by Crippen LogP contribution is -2.01. The average molecular weight is 224 g/mol. The lowest BCUT2D eigenvalue weighted by atomic mass is 10.2. The number of pyridine rings is 1. The first-order valence-electron chi connectivity index (χ1n) is 3.49. The van der Waals surface area contributed by atoms with E-state index in [4.69, 9.17) is 10.7 Å². The first kappa shape index (κ1) is 10.4. The highest BCUT2D eigenvalue weighted by atomic mass is 35.7. The Morgan fingerprint density at radius 2 is 2.15 bits per heavy atom. The van der Waals surface area contributed by atoms with Gasteiger partial charge in [-0.05, 0) is 18.1 Å². The van der Waals surface area contributed by atoms with Crippen molar-refractivity contribution in [2.45, 2.75) is 6.42 Å². The van der Waals surface area contributed by atoms with Crippen molar-refractivity contribution in [3.8, 4) is 0 Å². The molecule has 0 unspecified atom stereocenters. The van der Waals surface area contributed by atoms with E-state index in [0.29, 0.717) is 5.56 Å². The van der Waals surface area contributed by atoms with Crippen LogP contribution in [0.2, 0.25) is 0 Å². The molecule has 0 N–H and O–H groups in total. The molecule has 0 fully saturated rings. The van der Waals surface area contributed by atoms with Crippen molar-refractivity contribution in [1.82, 2.24) is 4.98 Å². The van der Waals surface area contributed by atoms with Crippen molar-refractivity contribution in [2.24, 2.45) is 0 Å². The summed E-state index contributed by atoms with van der Waals surface area (Å²) in [5, 5.41) is 0. The van der Waals surface area contributed by atoms with Crippen LogP contribution >= 0.6 is 10.7 Å². The predicted octanol–water partition coefficient (Wildman–Crippen LogP) is 1.33. The Bertz CT molecular complexity index is 393. The fourth-order valence-electron chi connectivity index (χ4n) is 0.832. The molecule has 1 rings (SSSR count). The van der Waals surface area contributed by atoms with E-state index < -0.39 is 14.9 Å². The van der Waals surface area contributed by atoms with Crippen LogP contribution in [0.5, 0.6) is 0 Å². The third kappa shape index (κ3) is 4.19. The average Bonchev–Trinajstić information content (AvgIpc) is 2.00. The van der Waals surface area contributed by atoms with Gasteiger partial charge in [-0.2, -0.15) is 0 Å². The van der Waals surface area contributed by atoms with Crippen molar-refractivity contribution in [3.63, 3.8) is 0 Å². The normalized spacial score (nSPS) is 11.5. The zero-order chi connectivity index (χ0) is 9.90. The number of aryl methyl sites for hydroxylation is 1. The summed E-state index contributed by atoms with van der Waals surface area (Å²) < 4.78 is 33.6. The number of halogens is 2. The Kier molecular flexibility index (Phi) is 3.22. The highest BCUT2D eigenvalue weighted by molar-refractivity contribution is 8.13. The topological polar surface area (TPSA) is 47.0 Å². The number of rotatable bonds is 3. The first-order chi connectivity index (χ1) is 5.97. The highest BCUT2D eigenvalue weighted by Gasteiger charge is 2.05. The molecule has 72 valence electrons. The van der Waals surface area contributed by atoms with Crippen LogP contribution in [0.1, 0.15) is 5.56 Å². The lowest BCUT2D eigenvalue weighted by Gasteiger charge is -1.97. The molecular weight excluding hydrogens is 217 g/mol. The monoisotopic (exact) mass is 223 g/mol. The van der Waals surface area contributed by atoms with Gasteiger partial charge >= 0.3 is 0 Å². The second kappa shape index (κ2) is 4.02. The van der Waals surface area contributed by atoms with E-state index in [1.165, 1.54) is 12.3 Å². The van der Waals surface area contributed by atoms with Crippen LogP contribution in [0.25, 0.3) is 0 Å². The summed E-state index contributed by atoms with van der Waals surface area (Å²) in [6, 6.07) is 1.23. The fourth-order valence-corrected chi connectivity index (χ4v) is 1.54. The summed E-state index contributed by atoms with van der Waals surface area (Å²) in [6.45, 7) is 0. The molecule has 0 spiro atoms. The van der Waals surface area contributed by atoms with Crippen LogP contribution in [0.15, 0.2) is 18.5 Å². The number of hydrogen-bond donors (Lipinski definition) is 0. The van der Waals surface area contributed by atoms with E-state index in [2.05, 4.69) is 4.98 Å². The summed E-state index contributed by atoms with van der Waals surface area (Å²) in [4.78, 5) is 3.57. The van der Waals surface area contributed by atoms with Gasteiger partial charge in [0, 0.05) is 16.9 Å². The van der Waals surface area contributed by atoms with Crippen LogP contribution in [0.4, 0.5) is 4.39 Å². The SMILES string of the molecule is O=S(=O)(Cl)CCc1cncc(F)c1. The Morgan fingerprint density at radius 1 is 1.46 bits per heavy atom. The van der Waals surface area contributed by atoms with Crippen LogP contribution in [0.3, 0.4) is 0 Å². The zero-order valence-corrected chi connectivity index (χ0v) is 8.15. The molecule has 6 heteroatoms. The van der Waals surface area contributed by atoms with E-state index in [1.807, 2.05) is 0 Å². The van der Waals surface area contributed by atoms with Crippen molar-refractivity contribution in [2.75, 3.05) is 5.75 Å². The third-order valence-electron chi connectivity index (χ3n) is 1.40. The van der Waals surface area contributed by atoms with E-state index in [9.17, 15) is 12.8 Å². The number of nitrogens with zero attached hydrogens (tertiary/aromatic N) is 1. The molecule has 0 saturated heterocycles. The molecule has 0 amide bonds. The van der Waals surface area contributed by atoms with E-state index in [-0.39, 0.29) is 12.2 Å². The molecule has 1 aromatic heterocycles. The van der Waals surface area contributed by atoms with Gasteiger partial charge in [-0.3, -0.25) is 4.98 Å². The van der Waals surface area contributed by atoms with E-state index in [0.717, 1.165) is 6.20 Å². The molecule has 0 saturated carbocycles. The Balaban J connectivity index is 2.65. The van der Waals surface area contributed by atoms with Gasteiger partial charge in [-0.1, -0.05) is 0 Å². The fraction of sp³-hybridized carbons (Fsp3) is 0.286. The Morgan fingerprint density at radius 3 is 2.69 bits per heavy atom. The van der Waals surface area contributed by atoms with Crippen LogP contribution < -0.4 is 0 Å². The molecule has 1 heterocycles. The van der Waals surface area contributed by atoms with Gasteiger partial charge in [0.15, 0.2) is 0 Å². The minimum atomic E-state index is -3.51. The molecule has 0 radical (unpaired) electrons. The number of aromatic nitrogens is 1. The largest absolute Gasteiger partial charge is 0.261 e. The van der Waals surface area contributed by atoms with Gasteiger partial charge < -0.3 is 0 Å². The van der Waals surface area contributed by atoms with Crippen molar-refractivity contribution in [1.29, 1.82) is 0 Å². The second-order valence-electron chi connectivity index (χ2n) is 2.50. The molecule has 0 bridgehead atoms. The molecule has 1 aromatic rings. The first-order valence-corrected chi connectivity index (χ1v) is 5.97. The molecular formula is C7H7ClFNO2S. The molecule has 0 aromatic carbocycles. The van der Waals surface area contributed by atoms with Crippen molar-refractivity contribution in [3.05, 3.63) is 29.8 Å². The standard InChI is InChI=1S/C7H7ClFNO2S/c8-13(11,12)2-1-6-3-7(9)5-10-4-6/h3-5H,1-2H2. The van der Waals surface area contributed by atoms with Gasteiger partial charge in [-0.15, -0.1) is 0 Å². The van der Waals surface area contributed by atoms with Crippen molar-refractivity contribution >= 4 is 19.7 Å². The highest BCUT2D eigenvalue weighted by Crippen LogP contribution is 2.05. The van der Waals surface area contributed by atoms with Crippen LogP contribution in [-0.2, 0) is 15.5 Å². The molecule has 3 nitrogen and oxygen atoms in total. The molecule has 0 aliphatic carbocycles. The minimum Gasteiger partial charge on any atom is -0.261 e. The van der Waals surface area contributed by atoms with Gasteiger partial charge in [0.05, 0.1) is 11.9 Å². The maximum Gasteiger partial charge on any atom is 0.232 e. The molecule has 13 heavy (non-hydrogen) atoms. The van der Waals surface area contributed by atoms with Crippen LogP contribution in [0, 0.1) is 5.82 Å². The minimum absolute atomic E-state index is 0.177. The van der Waals surface area contributed by atoms with Gasteiger partial charge in [-0.25, -0.2) is 12.8 Å². The van der Waals surface area contributed by atoms with Crippen molar-refractivity contribution < 1.29 is 12.8 Å². The van der Waals surface area contributed by atoms with Gasteiger partial charge in [0.2, 0.25) is 9.05 Å². The summed E-state index contributed by atoms with van der Waals surface area (Å²) in [7, 11) is 1.47. The zero-order valence-electron chi connectivity index (χ0n) is 6.57. The van der Waals surface area contributed by atoms with Crippen LogP contribution in [-0.4, -0.2) is 19.2 Å². The lowest BCUT2D eigenvalue weighted by molar-refractivity contribution is 0.607. The smallest absolute Gasteiger partial charge is 0.232 e. The number of hydrogen-bond acceptors (Lipinski definition) is 3. The predicted molar refractivity (Wildman–Crippen MR) is 47.5 cm³/mol. The quantitative estimate of drug-likeness (QED) is 0.727. The summed E-state index contributed by atoms with van der Waals surface area (Å²) in [6.07, 6.45) is 2.64. The van der Waals surface area contributed by atoms with E-state index in [1.54, 1.807) is 0 Å². The Labute approximate surface area is 80.0 Å². The second-order valence-corrected chi connectivity index (χ2v) is 5.40. The van der Waals surface area contributed by atoms with E-state index >= 15 is 0 Å². The maximum absolute atomic E-state index is 12.5. The summed E-state index contributed by atoms with van der Waals surface area (Å²) in [5.74, 6) is -0.691. The third-order valence-corrected chi connectivity index (χ3v) is 2.55. The molecule has 0 aliphatic rings.